The highest BCUT2D eigenvalue weighted by Crippen LogP contribution is 2.25. The van der Waals surface area contributed by atoms with E-state index in [9.17, 15) is 4.79 Å². The Kier molecular flexibility index (Phi) is 3.53. The Hall–Kier alpha value is -1.39. The van der Waals surface area contributed by atoms with Crippen molar-refractivity contribution in [2.24, 2.45) is 0 Å². The zero-order valence-electron chi connectivity index (χ0n) is 11.0. The Labute approximate surface area is 116 Å². The van der Waals surface area contributed by atoms with Crippen LogP contribution in [0.4, 0.5) is 0 Å². The molecule has 3 rings (SSSR count). The van der Waals surface area contributed by atoms with Crippen LogP contribution in [0.15, 0.2) is 28.4 Å². The van der Waals surface area contributed by atoms with E-state index in [1.54, 1.807) is 0 Å². The van der Waals surface area contributed by atoms with Crippen molar-refractivity contribution >= 4 is 11.3 Å². The van der Waals surface area contributed by atoms with Crippen molar-refractivity contribution in [3.63, 3.8) is 0 Å². The van der Waals surface area contributed by atoms with Crippen LogP contribution in [0.25, 0.3) is 0 Å². The molecule has 0 fully saturated rings. The standard InChI is InChI=1S/C15H18N2OS/c1-10(16-8-14-9-19-15(18)17-14)12-6-5-11-3-2-4-13(11)7-12/h5-7,9-10,16H,2-4,8H2,1H3,(H,17,18). The number of nitrogens with one attached hydrogen (secondary N) is 2. The van der Waals surface area contributed by atoms with Crippen LogP contribution >= 0.6 is 11.3 Å². The van der Waals surface area contributed by atoms with E-state index in [1.807, 2.05) is 5.38 Å². The molecule has 0 spiro atoms. The van der Waals surface area contributed by atoms with Gasteiger partial charge in [0.15, 0.2) is 0 Å². The highest BCUT2D eigenvalue weighted by Gasteiger charge is 2.13. The van der Waals surface area contributed by atoms with E-state index in [0.29, 0.717) is 12.6 Å². The van der Waals surface area contributed by atoms with E-state index in [4.69, 9.17) is 0 Å². The van der Waals surface area contributed by atoms with Crippen LogP contribution in [0.1, 0.15) is 41.8 Å². The van der Waals surface area contributed by atoms with E-state index in [-0.39, 0.29) is 4.87 Å². The van der Waals surface area contributed by atoms with Gasteiger partial charge in [0, 0.05) is 23.7 Å². The topological polar surface area (TPSA) is 44.9 Å². The van der Waals surface area contributed by atoms with E-state index in [2.05, 4.69) is 35.4 Å². The molecule has 4 heteroatoms. The molecule has 2 N–H and O–H groups in total. The first kappa shape index (κ1) is 12.6. The summed E-state index contributed by atoms with van der Waals surface area (Å²) in [4.78, 5) is 13.9. The summed E-state index contributed by atoms with van der Waals surface area (Å²) in [6.07, 6.45) is 3.73. The molecule has 1 aliphatic carbocycles. The fraction of sp³-hybridized carbons (Fsp3) is 0.400. The summed E-state index contributed by atoms with van der Waals surface area (Å²) < 4.78 is 0. The maximum absolute atomic E-state index is 11.1. The molecule has 0 saturated carbocycles. The molecule has 0 aliphatic heterocycles. The predicted molar refractivity (Wildman–Crippen MR) is 78.7 cm³/mol. The van der Waals surface area contributed by atoms with E-state index < -0.39 is 0 Å². The molecule has 1 aromatic heterocycles. The quantitative estimate of drug-likeness (QED) is 0.900. The van der Waals surface area contributed by atoms with Crippen LogP contribution in [-0.2, 0) is 19.4 Å². The molecule has 2 aromatic rings. The molecule has 1 aromatic carbocycles. The Balaban J connectivity index is 1.67. The van der Waals surface area contributed by atoms with Gasteiger partial charge >= 0.3 is 4.87 Å². The van der Waals surface area contributed by atoms with E-state index in [1.165, 1.54) is 47.3 Å². The lowest BCUT2D eigenvalue weighted by Gasteiger charge is -2.15. The molecule has 0 saturated heterocycles. The fourth-order valence-corrected chi connectivity index (χ4v) is 3.22. The summed E-state index contributed by atoms with van der Waals surface area (Å²) in [5.41, 5.74) is 5.31. The van der Waals surface area contributed by atoms with Gasteiger partial charge in [-0.25, -0.2) is 0 Å². The maximum atomic E-state index is 11.1. The largest absolute Gasteiger partial charge is 0.315 e. The second-order valence-electron chi connectivity index (χ2n) is 5.16. The minimum atomic E-state index is 0.0157. The number of benzene rings is 1. The molecule has 0 amide bonds. The molecular formula is C15H18N2OS. The molecule has 1 heterocycles. The van der Waals surface area contributed by atoms with Crippen molar-refractivity contribution in [1.29, 1.82) is 0 Å². The zero-order chi connectivity index (χ0) is 13.2. The van der Waals surface area contributed by atoms with Gasteiger partial charge in [-0.2, -0.15) is 0 Å². The van der Waals surface area contributed by atoms with Crippen LogP contribution in [0, 0.1) is 0 Å². The number of thiazole rings is 1. The Bertz CT molecular complexity index is 629. The first-order chi connectivity index (χ1) is 9.22. The van der Waals surface area contributed by atoms with Crippen molar-refractivity contribution in [3.05, 3.63) is 55.6 Å². The number of rotatable bonds is 4. The lowest BCUT2D eigenvalue weighted by atomic mass is 10.0. The summed E-state index contributed by atoms with van der Waals surface area (Å²) >= 11 is 1.22. The molecule has 1 atom stereocenters. The Morgan fingerprint density at radius 3 is 3.00 bits per heavy atom. The van der Waals surface area contributed by atoms with Crippen LogP contribution < -0.4 is 10.2 Å². The number of fused-ring (bicyclic) bond motifs is 1. The van der Waals surface area contributed by atoms with Gasteiger partial charge in [0.05, 0.1) is 0 Å². The van der Waals surface area contributed by atoms with Crippen LogP contribution in [0.5, 0.6) is 0 Å². The number of aromatic amines is 1. The third kappa shape index (κ3) is 2.80. The Morgan fingerprint density at radius 1 is 1.37 bits per heavy atom. The number of hydrogen-bond donors (Lipinski definition) is 2. The maximum Gasteiger partial charge on any atom is 0.304 e. The number of H-pyrrole nitrogens is 1. The van der Waals surface area contributed by atoms with Crippen molar-refractivity contribution in [2.45, 2.75) is 38.8 Å². The Morgan fingerprint density at radius 2 is 2.21 bits per heavy atom. The summed E-state index contributed by atoms with van der Waals surface area (Å²) in [7, 11) is 0. The van der Waals surface area contributed by atoms with Crippen LogP contribution in [-0.4, -0.2) is 4.98 Å². The smallest absolute Gasteiger partial charge is 0.304 e. The van der Waals surface area contributed by atoms with Gasteiger partial charge in [0.1, 0.15) is 0 Å². The molecule has 0 radical (unpaired) electrons. The zero-order valence-corrected chi connectivity index (χ0v) is 11.8. The molecule has 1 unspecified atom stereocenters. The lowest BCUT2D eigenvalue weighted by Crippen LogP contribution is -2.19. The highest BCUT2D eigenvalue weighted by atomic mass is 32.1. The predicted octanol–water partition coefficient (Wildman–Crippen LogP) is 2.78. The first-order valence-corrected chi connectivity index (χ1v) is 7.62. The molecule has 0 bridgehead atoms. The van der Waals surface area contributed by atoms with Gasteiger partial charge in [0.25, 0.3) is 0 Å². The normalized spacial score (nSPS) is 15.4. The minimum absolute atomic E-state index is 0.0157. The van der Waals surface area contributed by atoms with Gasteiger partial charge in [-0.1, -0.05) is 29.5 Å². The fourth-order valence-electron chi connectivity index (χ4n) is 2.64. The van der Waals surface area contributed by atoms with Crippen molar-refractivity contribution in [2.75, 3.05) is 0 Å². The van der Waals surface area contributed by atoms with Crippen LogP contribution in [0.3, 0.4) is 0 Å². The van der Waals surface area contributed by atoms with Crippen molar-refractivity contribution in [3.8, 4) is 0 Å². The van der Waals surface area contributed by atoms with E-state index in [0.717, 1.165) is 5.69 Å². The summed E-state index contributed by atoms with van der Waals surface area (Å²) in [6, 6.07) is 7.12. The third-order valence-electron chi connectivity index (χ3n) is 3.79. The van der Waals surface area contributed by atoms with Crippen molar-refractivity contribution in [1.82, 2.24) is 10.3 Å². The first-order valence-electron chi connectivity index (χ1n) is 6.74. The molecule has 3 nitrogen and oxygen atoms in total. The number of aryl methyl sites for hydroxylation is 2. The van der Waals surface area contributed by atoms with Crippen molar-refractivity contribution < 1.29 is 0 Å². The number of hydrogen-bond acceptors (Lipinski definition) is 3. The summed E-state index contributed by atoms with van der Waals surface area (Å²) in [5.74, 6) is 0. The van der Waals surface area contributed by atoms with E-state index >= 15 is 0 Å². The molecule has 100 valence electrons. The summed E-state index contributed by atoms with van der Waals surface area (Å²) in [5, 5.41) is 5.34. The SMILES string of the molecule is CC(NCc1csc(=O)[nH]1)c1ccc2c(c1)CCC2. The average Bonchev–Trinajstić information content (AvgIpc) is 3.03. The molecule has 1 aliphatic rings. The summed E-state index contributed by atoms with van der Waals surface area (Å²) in [6.45, 7) is 2.87. The van der Waals surface area contributed by atoms with Gasteiger partial charge in [-0.05, 0) is 42.9 Å². The molecule has 19 heavy (non-hydrogen) atoms. The van der Waals surface area contributed by atoms with Gasteiger partial charge in [-0.3, -0.25) is 4.79 Å². The highest BCUT2D eigenvalue weighted by molar-refractivity contribution is 7.07. The minimum Gasteiger partial charge on any atom is -0.315 e. The third-order valence-corrected chi connectivity index (χ3v) is 4.51. The monoisotopic (exact) mass is 274 g/mol. The number of aromatic nitrogens is 1. The van der Waals surface area contributed by atoms with Gasteiger partial charge < -0.3 is 10.3 Å². The second kappa shape index (κ2) is 5.31. The lowest BCUT2D eigenvalue weighted by molar-refractivity contribution is 0.568. The average molecular weight is 274 g/mol. The molecular weight excluding hydrogens is 256 g/mol. The second-order valence-corrected chi connectivity index (χ2v) is 6.00. The van der Waals surface area contributed by atoms with Gasteiger partial charge in [-0.15, -0.1) is 0 Å². The van der Waals surface area contributed by atoms with Gasteiger partial charge in [0.2, 0.25) is 0 Å². The van der Waals surface area contributed by atoms with Crippen LogP contribution in [0.2, 0.25) is 0 Å².